The van der Waals surface area contributed by atoms with E-state index in [0.717, 1.165) is 45.0 Å². The predicted molar refractivity (Wildman–Crippen MR) is 84.8 cm³/mol. The van der Waals surface area contributed by atoms with E-state index in [9.17, 15) is 0 Å². The lowest BCUT2D eigenvalue weighted by Gasteiger charge is -2.36. The van der Waals surface area contributed by atoms with Crippen LogP contribution in [0.25, 0.3) is 0 Å². The third-order valence-electron chi connectivity index (χ3n) is 3.79. The van der Waals surface area contributed by atoms with Crippen LogP contribution >= 0.6 is 0 Å². The second kappa shape index (κ2) is 7.50. The van der Waals surface area contributed by atoms with Gasteiger partial charge in [-0.2, -0.15) is 0 Å². The maximum atomic E-state index is 5.20. The number of hydrogen-bond acceptors (Lipinski definition) is 4. The first kappa shape index (κ1) is 15.1. The van der Waals surface area contributed by atoms with Crippen LogP contribution in [0, 0.1) is 0 Å². The molecule has 0 aliphatic carbocycles. The van der Waals surface area contributed by atoms with Crippen LogP contribution in [0.4, 0.5) is 5.69 Å². The van der Waals surface area contributed by atoms with Crippen molar-refractivity contribution >= 4 is 5.69 Å². The molecule has 1 fully saturated rings. The molecule has 1 aromatic rings. The molecule has 0 bridgehead atoms. The normalized spacial score (nSPS) is 16.7. The summed E-state index contributed by atoms with van der Waals surface area (Å²) in [7, 11) is 1.71. The Bertz CT molecular complexity index is 383. The molecule has 112 valence electrons. The highest BCUT2D eigenvalue weighted by atomic mass is 16.5. The van der Waals surface area contributed by atoms with Crippen LogP contribution in [0.15, 0.2) is 24.3 Å². The molecule has 1 aliphatic rings. The highest BCUT2D eigenvalue weighted by molar-refractivity contribution is 5.49. The Kier molecular flexibility index (Phi) is 5.68. The van der Waals surface area contributed by atoms with Gasteiger partial charge in [-0.1, -0.05) is 13.8 Å². The maximum absolute atomic E-state index is 5.20. The fraction of sp³-hybridized carbons (Fsp3) is 0.625. The second-order valence-corrected chi connectivity index (χ2v) is 5.64. The maximum Gasteiger partial charge on any atom is 0.119 e. The van der Waals surface area contributed by atoms with Crippen LogP contribution in [0.3, 0.4) is 0 Å². The predicted octanol–water partition coefficient (Wildman–Crippen LogP) is 1.82. The molecule has 0 atom stereocenters. The van der Waals surface area contributed by atoms with E-state index in [1.807, 2.05) is 12.1 Å². The quantitative estimate of drug-likeness (QED) is 0.858. The molecule has 0 radical (unpaired) electrons. The third kappa shape index (κ3) is 4.39. The number of piperazine rings is 1. The fourth-order valence-corrected chi connectivity index (χ4v) is 2.53. The molecule has 1 N–H and O–H groups in total. The zero-order valence-corrected chi connectivity index (χ0v) is 12.9. The molecule has 0 amide bonds. The molecule has 4 heteroatoms. The number of methoxy groups -OCH3 is 1. The van der Waals surface area contributed by atoms with Gasteiger partial charge >= 0.3 is 0 Å². The van der Waals surface area contributed by atoms with Gasteiger partial charge in [-0.25, -0.2) is 0 Å². The standard InChI is InChI=1S/C16H27N3O/c1-14(2)17-8-9-18-10-12-19(13-11-18)15-4-6-16(20-3)7-5-15/h4-7,14,17H,8-13H2,1-3H3. The number of nitrogens with zero attached hydrogens (tertiary/aromatic N) is 2. The molecule has 1 aromatic carbocycles. The average Bonchev–Trinajstić information content (AvgIpc) is 2.48. The summed E-state index contributed by atoms with van der Waals surface area (Å²) in [5.74, 6) is 0.923. The van der Waals surface area contributed by atoms with Crippen molar-refractivity contribution in [2.75, 3.05) is 51.3 Å². The Hall–Kier alpha value is -1.26. The molecule has 1 saturated heterocycles. The van der Waals surface area contributed by atoms with Gasteiger partial charge in [-0.3, -0.25) is 4.90 Å². The van der Waals surface area contributed by atoms with E-state index in [-0.39, 0.29) is 0 Å². The van der Waals surface area contributed by atoms with Gasteiger partial charge in [0.25, 0.3) is 0 Å². The van der Waals surface area contributed by atoms with Crippen molar-refractivity contribution in [3.8, 4) is 5.75 Å². The van der Waals surface area contributed by atoms with Crippen molar-refractivity contribution in [2.45, 2.75) is 19.9 Å². The molecule has 1 heterocycles. The first-order chi connectivity index (χ1) is 9.69. The minimum Gasteiger partial charge on any atom is -0.497 e. The Morgan fingerprint density at radius 2 is 1.75 bits per heavy atom. The molecule has 2 rings (SSSR count). The van der Waals surface area contributed by atoms with Crippen molar-refractivity contribution in [3.05, 3.63) is 24.3 Å². The Morgan fingerprint density at radius 1 is 1.10 bits per heavy atom. The summed E-state index contributed by atoms with van der Waals surface area (Å²) >= 11 is 0. The summed E-state index contributed by atoms with van der Waals surface area (Å²) in [4.78, 5) is 4.99. The average molecular weight is 277 g/mol. The molecule has 0 spiro atoms. The molecule has 0 unspecified atom stereocenters. The molecular formula is C16H27N3O. The van der Waals surface area contributed by atoms with E-state index in [1.165, 1.54) is 5.69 Å². The minimum absolute atomic E-state index is 0.579. The van der Waals surface area contributed by atoms with E-state index in [2.05, 4.69) is 41.1 Å². The third-order valence-corrected chi connectivity index (χ3v) is 3.79. The van der Waals surface area contributed by atoms with Gasteiger partial charge < -0.3 is 15.0 Å². The van der Waals surface area contributed by atoms with Crippen molar-refractivity contribution in [1.82, 2.24) is 10.2 Å². The van der Waals surface area contributed by atoms with Crippen molar-refractivity contribution < 1.29 is 4.74 Å². The van der Waals surface area contributed by atoms with Crippen LogP contribution in [-0.4, -0.2) is 57.3 Å². The second-order valence-electron chi connectivity index (χ2n) is 5.64. The van der Waals surface area contributed by atoms with Gasteiger partial charge in [0.2, 0.25) is 0 Å². The van der Waals surface area contributed by atoms with Gasteiger partial charge in [0.1, 0.15) is 5.75 Å². The lowest BCUT2D eigenvalue weighted by molar-refractivity contribution is 0.255. The molecule has 0 aromatic heterocycles. The van der Waals surface area contributed by atoms with Crippen LogP contribution in [0.5, 0.6) is 5.75 Å². The molecule has 4 nitrogen and oxygen atoms in total. The first-order valence-electron chi connectivity index (χ1n) is 7.54. The van der Waals surface area contributed by atoms with Gasteiger partial charge in [-0.15, -0.1) is 0 Å². The van der Waals surface area contributed by atoms with Gasteiger partial charge in [0.05, 0.1) is 7.11 Å². The molecule has 20 heavy (non-hydrogen) atoms. The molecule has 1 aliphatic heterocycles. The Balaban J connectivity index is 1.75. The van der Waals surface area contributed by atoms with Gasteiger partial charge in [0.15, 0.2) is 0 Å². The highest BCUT2D eigenvalue weighted by Crippen LogP contribution is 2.20. The summed E-state index contributed by atoms with van der Waals surface area (Å²) in [6, 6.07) is 8.95. The van der Waals surface area contributed by atoms with E-state index in [0.29, 0.717) is 6.04 Å². The number of ether oxygens (including phenoxy) is 1. The van der Waals surface area contributed by atoms with E-state index in [1.54, 1.807) is 7.11 Å². The topological polar surface area (TPSA) is 27.7 Å². The monoisotopic (exact) mass is 277 g/mol. The van der Waals surface area contributed by atoms with Crippen LogP contribution in [0.2, 0.25) is 0 Å². The number of anilines is 1. The largest absolute Gasteiger partial charge is 0.497 e. The first-order valence-corrected chi connectivity index (χ1v) is 7.54. The summed E-state index contributed by atoms with van der Waals surface area (Å²) < 4.78 is 5.20. The summed E-state index contributed by atoms with van der Waals surface area (Å²) in [5, 5.41) is 3.48. The number of benzene rings is 1. The zero-order chi connectivity index (χ0) is 14.4. The zero-order valence-electron chi connectivity index (χ0n) is 12.9. The smallest absolute Gasteiger partial charge is 0.119 e. The van der Waals surface area contributed by atoms with Crippen LogP contribution in [-0.2, 0) is 0 Å². The number of nitrogens with one attached hydrogen (secondary N) is 1. The van der Waals surface area contributed by atoms with E-state index in [4.69, 9.17) is 4.74 Å². The summed E-state index contributed by atoms with van der Waals surface area (Å²) in [6.45, 7) is 11.1. The van der Waals surface area contributed by atoms with Crippen LogP contribution in [0.1, 0.15) is 13.8 Å². The summed E-state index contributed by atoms with van der Waals surface area (Å²) in [6.07, 6.45) is 0. The lowest BCUT2D eigenvalue weighted by atomic mass is 10.2. The van der Waals surface area contributed by atoms with E-state index >= 15 is 0 Å². The van der Waals surface area contributed by atoms with Crippen molar-refractivity contribution in [2.24, 2.45) is 0 Å². The van der Waals surface area contributed by atoms with Gasteiger partial charge in [-0.05, 0) is 24.3 Å². The number of rotatable bonds is 6. The van der Waals surface area contributed by atoms with Crippen LogP contribution < -0.4 is 15.0 Å². The van der Waals surface area contributed by atoms with Crippen molar-refractivity contribution in [3.63, 3.8) is 0 Å². The molecule has 0 saturated carbocycles. The lowest BCUT2D eigenvalue weighted by Crippen LogP contribution is -2.48. The fourth-order valence-electron chi connectivity index (χ4n) is 2.53. The Labute approximate surface area is 122 Å². The molecular weight excluding hydrogens is 250 g/mol. The number of hydrogen-bond donors (Lipinski definition) is 1. The SMILES string of the molecule is COc1ccc(N2CCN(CCNC(C)C)CC2)cc1. The highest BCUT2D eigenvalue weighted by Gasteiger charge is 2.16. The van der Waals surface area contributed by atoms with E-state index < -0.39 is 0 Å². The Morgan fingerprint density at radius 3 is 2.30 bits per heavy atom. The van der Waals surface area contributed by atoms with Crippen molar-refractivity contribution in [1.29, 1.82) is 0 Å². The minimum atomic E-state index is 0.579. The van der Waals surface area contributed by atoms with Gasteiger partial charge in [0, 0.05) is 51.0 Å². The summed E-state index contributed by atoms with van der Waals surface area (Å²) in [5.41, 5.74) is 1.30.